The van der Waals surface area contributed by atoms with E-state index in [0.717, 1.165) is 17.3 Å². The molecule has 0 bridgehead atoms. The van der Waals surface area contributed by atoms with Crippen LogP contribution in [-0.4, -0.2) is 17.4 Å². The monoisotopic (exact) mass is 278 g/mol. The Kier molecular flexibility index (Phi) is 3.73. The number of fused-ring (bicyclic) bond motifs is 1. The Morgan fingerprint density at radius 3 is 2.90 bits per heavy atom. The largest absolute Gasteiger partial charge is 0.361 e. The van der Waals surface area contributed by atoms with Gasteiger partial charge in [-0.15, -0.1) is 0 Å². The number of hydrogen-bond donors (Lipinski definition) is 2. The van der Waals surface area contributed by atoms with Crippen LogP contribution < -0.4 is 5.32 Å². The number of aryl methyl sites for hydroxylation is 1. The molecule has 2 aromatic carbocycles. The van der Waals surface area contributed by atoms with Crippen LogP contribution in [0.3, 0.4) is 0 Å². The quantitative estimate of drug-likeness (QED) is 0.754. The van der Waals surface area contributed by atoms with Crippen LogP contribution in [-0.2, 0) is 6.42 Å². The van der Waals surface area contributed by atoms with Gasteiger partial charge in [0.05, 0.1) is 0 Å². The highest BCUT2D eigenvalue weighted by Crippen LogP contribution is 2.14. The lowest BCUT2D eigenvalue weighted by molar-refractivity contribution is 0.0954. The van der Waals surface area contributed by atoms with Gasteiger partial charge >= 0.3 is 0 Å². The highest BCUT2D eigenvalue weighted by molar-refractivity contribution is 5.97. The lowest BCUT2D eigenvalue weighted by Crippen LogP contribution is -2.25. The second kappa shape index (κ2) is 5.83. The van der Waals surface area contributed by atoms with Crippen molar-refractivity contribution in [2.24, 2.45) is 0 Å². The van der Waals surface area contributed by atoms with Gasteiger partial charge in [-0.2, -0.15) is 0 Å². The van der Waals surface area contributed by atoms with Crippen molar-refractivity contribution in [2.45, 2.75) is 13.3 Å². The van der Waals surface area contributed by atoms with Crippen molar-refractivity contribution in [3.8, 4) is 0 Å². The average Bonchev–Trinajstić information content (AvgIpc) is 2.94. The molecule has 0 aliphatic rings. The third kappa shape index (κ3) is 3.14. The van der Waals surface area contributed by atoms with Crippen molar-refractivity contribution in [2.75, 3.05) is 6.54 Å². The van der Waals surface area contributed by atoms with Crippen LogP contribution in [0.25, 0.3) is 10.9 Å². The van der Waals surface area contributed by atoms with Crippen molar-refractivity contribution >= 4 is 16.8 Å². The van der Waals surface area contributed by atoms with Crippen LogP contribution in [0.2, 0.25) is 0 Å². The van der Waals surface area contributed by atoms with Crippen molar-refractivity contribution < 1.29 is 4.79 Å². The minimum atomic E-state index is -0.0286. The summed E-state index contributed by atoms with van der Waals surface area (Å²) in [6, 6.07) is 16.1. The van der Waals surface area contributed by atoms with Crippen LogP contribution in [0.1, 0.15) is 21.5 Å². The summed E-state index contributed by atoms with van der Waals surface area (Å²) in [4.78, 5) is 15.3. The molecular formula is C18H18N2O. The van der Waals surface area contributed by atoms with E-state index in [2.05, 4.69) is 35.4 Å². The molecule has 2 N–H and O–H groups in total. The summed E-state index contributed by atoms with van der Waals surface area (Å²) < 4.78 is 0. The normalized spacial score (nSPS) is 10.7. The predicted octanol–water partition coefficient (Wildman–Crippen LogP) is 3.45. The molecule has 1 amide bonds. The fourth-order valence-electron chi connectivity index (χ4n) is 2.48. The predicted molar refractivity (Wildman–Crippen MR) is 85.5 cm³/mol. The van der Waals surface area contributed by atoms with Gasteiger partial charge in [-0.25, -0.2) is 0 Å². The molecule has 3 rings (SSSR count). The zero-order chi connectivity index (χ0) is 14.7. The molecular weight excluding hydrogens is 260 g/mol. The first-order valence-electron chi connectivity index (χ1n) is 7.13. The fourth-order valence-corrected chi connectivity index (χ4v) is 2.48. The molecule has 3 nitrogen and oxygen atoms in total. The van der Waals surface area contributed by atoms with E-state index >= 15 is 0 Å². The van der Waals surface area contributed by atoms with Gasteiger partial charge in [0, 0.05) is 23.8 Å². The molecule has 0 atom stereocenters. The number of aromatic amines is 1. The molecule has 21 heavy (non-hydrogen) atoms. The molecule has 1 aromatic heterocycles. The number of H-pyrrole nitrogens is 1. The fraction of sp³-hybridized carbons (Fsp3) is 0.167. The van der Waals surface area contributed by atoms with Crippen molar-refractivity contribution in [3.63, 3.8) is 0 Å². The Morgan fingerprint density at radius 2 is 2.05 bits per heavy atom. The maximum atomic E-state index is 12.1. The molecule has 0 aliphatic carbocycles. The smallest absolute Gasteiger partial charge is 0.251 e. The molecule has 0 unspecified atom stereocenters. The second-order valence-electron chi connectivity index (χ2n) is 5.27. The summed E-state index contributed by atoms with van der Waals surface area (Å²) in [5, 5.41) is 4.09. The van der Waals surface area contributed by atoms with Gasteiger partial charge in [-0.05, 0) is 42.5 Å². The SMILES string of the molecule is Cc1cccc(CCNC(=O)c2ccc3cc[nH]c3c2)c1. The van der Waals surface area contributed by atoms with E-state index in [0.29, 0.717) is 12.1 Å². The number of carbonyl (C=O) groups is 1. The maximum Gasteiger partial charge on any atom is 0.251 e. The minimum Gasteiger partial charge on any atom is -0.361 e. The third-order valence-electron chi connectivity index (χ3n) is 3.60. The van der Waals surface area contributed by atoms with Crippen LogP contribution in [0, 0.1) is 6.92 Å². The van der Waals surface area contributed by atoms with Gasteiger partial charge in [0.15, 0.2) is 0 Å². The number of hydrogen-bond acceptors (Lipinski definition) is 1. The number of nitrogens with one attached hydrogen (secondary N) is 2. The van der Waals surface area contributed by atoms with E-state index in [1.165, 1.54) is 11.1 Å². The van der Waals surface area contributed by atoms with Crippen LogP contribution in [0.4, 0.5) is 0 Å². The molecule has 3 heteroatoms. The Hall–Kier alpha value is -2.55. The summed E-state index contributed by atoms with van der Waals surface area (Å²) in [5.74, 6) is -0.0286. The summed E-state index contributed by atoms with van der Waals surface area (Å²) in [7, 11) is 0. The number of carbonyl (C=O) groups excluding carboxylic acids is 1. The Bertz CT molecular complexity index is 773. The van der Waals surface area contributed by atoms with E-state index in [1.54, 1.807) is 0 Å². The maximum absolute atomic E-state index is 12.1. The van der Waals surface area contributed by atoms with Crippen molar-refractivity contribution in [1.82, 2.24) is 10.3 Å². The molecule has 0 fully saturated rings. The standard InChI is InChI=1S/C18H18N2O/c1-13-3-2-4-14(11-13)7-9-20-18(21)16-6-5-15-8-10-19-17(15)12-16/h2-6,8,10-12,19H,7,9H2,1H3,(H,20,21). The summed E-state index contributed by atoms with van der Waals surface area (Å²) >= 11 is 0. The Labute approximate surface area is 124 Å². The number of rotatable bonds is 4. The van der Waals surface area contributed by atoms with Gasteiger partial charge in [0.2, 0.25) is 0 Å². The lowest BCUT2D eigenvalue weighted by atomic mass is 10.1. The molecule has 0 aliphatic heterocycles. The molecule has 0 spiro atoms. The van der Waals surface area contributed by atoms with Gasteiger partial charge < -0.3 is 10.3 Å². The van der Waals surface area contributed by atoms with Crippen molar-refractivity contribution in [1.29, 1.82) is 0 Å². The highest BCUT2D eigenvalue weighted by Gasteiger charge is 2.06. The van der Waals surface area contributed by atoms with E-state index in [-0.39, 0.29) is 5.91 Å². The first-order chi connectivity index (χ1) is 10.2. The third-order valence-corrected chi connectivity index (χ3v) is 3.60. The highest BCUT2D eigenvalue weighted by atomic mass is 16.1. The van der Waals surface area contributed by atoms with Gasteiger partial charge in [0.25, 0.3) is 5.91 Å². The zero-order valence-electron chi connectivity index (χ0n) is 12.0. The first kappa shape index (κ1) is 13.4. The molecule has 106 valence electrons. The number of amides is 1. The van der Waals surface area contributed by atoms with Crippen LogP contribution in [0.5, 0.6) is 0 Å². The van der Waals surface area contributed by atoms with Crippen LogP contribution in [0.15, 0.2) is 54.7 Å². The lowest BCUT2D eigenvalue weighted by Gasteiger charge is -2.06. The first-order valence-corrected chi connectivity index (χ1v) is 7.13. The molecule has 0 radical (unpaired) electrons. The number of benzene rings is 2. The molecule has 1 heterocycles. The minimum absolute atomic E-state index is 0.0286. The topological polar surface area (TPSA) is 44.9 Å². The van der Waals surface area contributed by atoms with Gasteiger partial charge in [-0.3, -0.25) is 4.79 Å². The Balaban J connectivity index is 1.61. The summed E-state index contributed by atoms with van der Waals surface area (Å²) in [6.07, 6.45) is 2.72. The molecule has 0 saturated heterocycles. The van der Waals surface area contributed by atoms with Crippen LogP contribution >= 0.6 is 0 Å². The summed E-state index contributed by atoms with van der Waals surface area (Å²) in [6.45, 7) is 2.72. The van der Waals surface area contributed by atoms with E-state index in [4.69, 9.17) is 0 Å². The Morgan fingerprint density at radius 1 is 1.14 bits per heavy atom. The summed E-state index contributed by atoms with van der Waals surface area (Å²) in [5.41, 5.74) is 4.17. The average molecular weight is 278 g/mol. The second-order valence-corrected chi connectivity index (χ2v) is 5.27. The van der Waals surface area contributed by atoms with Crippen molar-refractivity contribution in [3.05, 3.63) is 71.4 Å². The van der Waals surface area contributed by atoms with E-state index in [1.807, 2.05) is 36.5 Å². The molecule has 3 aromatic rings. The molecule has 0 saturated carbocycles. The number of aromatic nitrogens is 1. The zero-order valence-corrected chi connectivity index (χ0v) is 12.0. The van der Waals surface area contributed by atoms with E-state index in [9.17, 15) is 4.79 Å². The van der Waals surface area contributed by atoms with Gasteiger partial charge in [-0.1, -0.05) is 35.9 Å². The van der Waals surface area contributed by atoms with Gasteiger partial charge in [0.1, 0.15) is 0 Å². The van der Waals surface area contributed by atoms with E-state index < -0.39 is 0 Å².